The highest BCUT2D eigenvalue weighted by Gasteiger charge is 2.41. The summed E-state index contributed by atoms with van der Waals surface area (Å²) in [5, 5.41) is 23.9. The van der Waals surface area contributed by atoms with Gasteiger partial charge in [0.1, 0.15) is 18.3 Å². The van der Waals surface area contributed by atoms with Gasteiger partial charge in [0.05, 0.1) is 29.6 Å². The van der Waals surface area contributed by atoms with E-state index >= 15 is 0 Å². The van der Waals surface area contributed by atoms with Crippen molar-refractivity contribution in [3.05, 3.63) is 79.8 Å². The summed E-state index contributed by atoms with van der Waals surface area (Å²) in [5.41, 5.74) is 9.46. The van der Waals surface area contributed by atoms with E-state index in [2.05, 4.69) is 30.7 Å². The van der Waals surface area contributed by atoms with E-state index in [4.69, 9.17) is 19.4 Å². The fourth-order valence-corrected chi connectivity index (χ4v) is 8.01. The van der Waals surface area contributed by atoms with E-state index in [9.17, 15) is 19.8 Å². The summed E-state index contributed by atoms with van der Waals surface area (Å²) in [6, 6.07) is 6.07. The minimum Gasteiger partial charge on any atom is -0.512 e. The summed E-state index contributed by atoms with van der Waals surface area (Å²) in [5.74, 6) is -2.03. The van der Waals surface area contributed by atoms with Gasteiger partial charge in [0, 0.05) is 74.2 Å². The fourth-order valence-electron chi connectivity index (χ4n) is 8.01. The fraction of sp³-hybridized carbons (Fsp3) is 0.450. The number of aryl methyl sites for hydroxylation is 2. The highest BCUT2D eigenvalue weighted by molar-refractivity contribution is 5.96. The zero-order chi connectivity index (χ0) is 36.2. The molecule has 0 spiro atoms. The van der Waals surface area contributed by atoms with Gasteiger partial charge in [-0.1, -0.05) is 26.3 Å². The number of fused-ring (bicyclic) bond motifs is 8. The van der Waals surface area contributed by atoms with Gasteiger partial charge in [0.2, 0.25) is 0 Å². The van der Waals surface area contributed by atoms with Gasteiger partial charge in [0.25, 0.3) is 0 Å². The molecule has 264 valence electrons. The molecule has 4 N–H and O–H groups in total. The van der Waals surface area contributed by atoms with Gasteiger partial charge in [-0.25, -0.2) is 0 Å². The number of nitrogens with one attached hydrogen (secondary N) is 2. The molecule has 0 radical (unpaired) electrons. The molecule has 0 saturated heterocycles. The normalized spacial score (nSPS) is 21.6. The molecule has 10 heteroatoms. The number of H-pyrrole nitrogens is 2. The third-order valence-corrected chi connectivity index (χ3v) is 10.9. The van der Waals surface area contributed by atoms with Crippen LogP contribution in [0, 0.1) is 13.8 Å². The predicted octanol–water partition coefficient (Wildman–Crippen LogP) is 7.03. The van der Waals surface area contributed by atoms with E-state index in [1.165, 1.54) is 7.11 Å². The largest absolute Gasteiger partial charge is 0.512 e. The topological polar surface area (TPSA) is 150 Å². The van der Waals surface area contributed by atoms with Gasteiger partial charge in [-0.3, -0.25) is 19.6 Å². The lowest BCUT2D eigenvalue weighted by atomic mass is 9.84. The second-order valence-corrected chi connectivity index (χ2v) is 14.2. The summed E-state index contributed by atoms with van der Waals surface area (Å²) in [6.07, 6.45) is 3.30. The van der Waals surface area contributed by atoms with Crippen LogP contribution in [0.3, 0.4) is 0 Å². The molecule has 8 bridgehead atoms. The highest BCUT2D eigenvalue weighted by atomic mass is 16.5. The Morgan fingerprint density at radius 2 is 1.56 bits per heavy atom. The third kappa shape index (κ3) is 5.88. The van der Waals surface area contributed by atoms with E-state index in [-0.39, 0.29) is 54.2 Å². The number of carbonyl (C=O) groups excluding carboxylic acids is 2. The monoisotopic (exact) mass is 680 g/mol. The number of hydrogen-bond donors (Lipinski definition) is 4. The minimum atomic E-state index is -1.08. The second-order valence-electron chi connectivity index (χ2n) is 14.2. The molecule has 0 amide bonds. The minimum absolute atomic E-state index is 0.0816. The maximum Gasteiger partial charge on any atom is 0.321 e. The number of rotatable bonds is 7. The first-order chi connectivity index (χ1) is 23.8. The van der Waals surface area contributed by atoms with Crippen LogP contribution in [-0.4, -0.2) is 55.8 Å². The van der Waals surface area contributed by atoms with Crippen molar-refractivity contribution in [2.24, 2.45) is 0 Å². The van der Waals surface area contributed by atoms with Gasteiger partial charge in [-0.2, -0.15) is 0 Å². The molecular weight excluding hydrogens is 632 g/mol. The predicted molar refractivity (Wildman–Crippen MR) is 194 cm³/mol. The third-order valence-electron chi connectivity index (χ3n) is 10.9. The lowest BCUT2D eigenvalue weighted by molar-refractivity contribution is -0.143. The number of methoxy groups -OCH3 is 1. The Morgan fingerprint density at radius 1 is 0.920 bits per heavy atom. The maximum atomic E-state index is 13.5. The molecule has 10 nitrogen and oxygen atoms in total. The number of aromatic amines is 2. The molecule has 6 rings (SSSR count). The molecular formula is C40H48N4O6. The van der Waals surface area contributed by atoms with Crippen molar-refractivity contribution in [3.63, 3.8) is 0 Å². The summed E-state index contributed by atoms with van der Waals surface area (Å²) in [6.45, 7) is 16.1. The summed E-state index contributed by atoms with van der Waals surface area (Å²) in [4.78, 5) is 43.8. The van der Waals surface area contributed by atoms with Crippen molar-refractivity contribution < 1.29 is 29.3 Å². The van der Waals surface area contributed by atoms with E-state index in [1.807, 2.05) is 52.0 Å². The Kier molecular flexibility index (Phi) is 9.41. The standard InChI is InChI=1S/C40H48N4O6/c1-10-24-19(4)26-17-31-33(23(8)45)21(6)28(42-31)15-27-20(5)25(11-12-32(46)50-14-13-18(2)3)37(43-27)35-36(40(48)49-9)39(47)34-22(7)29(44-38(34)35)16-30(24)41-26/h13,15-17,19-20,24-25,36,42,44-45,47H,10-12,14H2,1-9H3/t19-,20+,24-,25+,36-/m1/s1. The molecule has 3 aromatic rings. The van der Waals surface area contributed by atoms with Gasteiger partial charge in [-0.05, 0) is 82.9 Å². The average molecular weight is 681 g/mol. The number of hydrogen-bond acceptors (Lipinski definition) is 8. The Bertz CT molecular complexity index is 2220. The lowest BCUT2D eigenvalue weighted by Gasteiger charge is -2.19. The summed E-state index contributed by atoms with van der Waals surface area (Å²) in [7, 11) is 1.31. The molecule has 0 aromatic carbocycles. The Labute approximate surface area is 292 Å². The number of ether oxygens (including phenoxy) is 2. The van der Waals surface area contributed by atoms with Crippen LogP contribution in [0.5, 0.6) is 0 Å². The Balaban J connectivity index is 1.70. The van der Waals surface area contributed by atoms with Crippen LogP contribution in [-0.2, 0) is 19.1 Å². The number of aliphatic hydroxyl groups excluding tert-OH is 2. The van der Waals surface area contributed by atoms with Crippen LogP contribution >= 0.6 is 0 Å². The van der Waals surface area contributed by atoms with Gasteiger partial charge >= 0.3 is 11.9 Å². The van der Waals surface area contributed by atoms with Crippen molar-refractivity contribution in [1.82, 2.24) is 19.9 Å². The van der Waals surface area contributed by atoms with E-state index in [0.717, 1.165) is 62.0 Å². The quantitative estimate of drug-likeness (QED) is 0.154. The first-order valence-electron chi connectivity index (χ1n) is 17.5. The van der Waals surface area contributed by atoms with Crippen LogP contribution in [0.1, 0.15) is 130 Å². The first-order valence-corrected chi connectivity index (χ1v) is 17.5. The first kappa shape index (κ1) is 35.0. The SMILES string of the molecule is CC[C@H]1c2cc3[nH]c4c(c5nc(cc6[nH]c(cc(n2)[C@@H]1C)c(=C(C)O)c6C)[C@@H](C)[C@@H]5CCC(=O)OCC=C(C)C)[C@@H](C(=O)OC)C(O)=c4c3C. The number of esters is 2. The Hall–Kier alpha value is -4.86. The zero-order valence-electron chi connectivity index (χ0n) is 30.4. The zero-order valence-corrected chi connectivity index (χ0v) is 30.4. The molecule has 0 fully saturated rings. The van der Waals surface area contributed by atoms with Crippen LogP contribution in [0.15, 0.2) is 29.8 Å². The molecule has 5 atom stereocenters. The lowest BCUT2D eigenvalue weighted by Crippen LogP contribution is -2.18. The number of aliphatic hydroxyl groups is 2. The summed E-state index contributed by atoms with van der Waals surface area (Å²) < 4.78 is 10.7. The van der Waals surface area contributed by atoms with Crippen molar-refractivity contribution in [1.29, 1.82) is 0 Å². The molecule has 5 heterocycles. The summed E-state index contributed by atoms with van der Waals surface area (Å²) >= 11 is 0. The van der Waals surface area contributed by atoms with Crippen molar-refractivity contribution in [2.45, 2.75) is 104 Å². The molecule has 3 aromatic heterocycles. The van der Waals surface area contributed by atoms with Crippen LogP contribution in [0.25, 0.3) is 33.6 Å². The molecule has 0 unspecified atom stereocenters. The molecule has 50 heavy (non-hydrogen) atoms. The highest BCUT2D eigenvalue weighted by Crippen LogP contribution is 2.46. The van der Waals surface area contributed by atoms with E-state index < -0.39 is 11.9 Å². The van der Waals surface area contributed by atoms with Crippen LogP contribution in [0.2, 0.25) is 0 Å². The van der Waals surface area contributed by atoms with Crippen LogP contribution in [0.4, 0.5) is 0 Å². The van der Waals surface area contributed by atoms with Crippen molar-refractivity contribution in [2.75, 3.05) is 13.7 Å². The molecule has 0 saturated carbocycles. The second kappa shape index (κ2) is 13.5. The number of carbonyl (C=O) groups is 2. The van der Waals surface area contributed by atoms with E-state index in [1.54, 1.807) is 6.92 Å². The number of allylic oxidation sites excluding steroid dienone is 1. The molecule has 1 aliphatic carbocycles. The van der Waals surface area contributed by atoms with Gasteiger partial charge in [-0.15, -0.1) is 0 Å². The maximum absolute atomic E-state index is 13.5. The van der Waals surface area contributed by atoms with Crippen LogP contribution < -0.4 is 10.4 Å². The average Bonchev–Trinajstić information content (AvgIpc) is 3.80. The van der Waals surface area contributed by atoms with Gasteiger partial charge in [0.15, 0.2) is 0 Å². The van der Waals surface area contributed by atoms with E-state index in [0.29, 0.717) is 28.4 Å². The molecule has 3 aliphatic rings. The molecule has 2 aliphatic heterocycles. The van der Waals surface area contributed by atoms with Gasteiger partial charge < -0.3 is 29.7 Å². The number of aromatic nitrogens is 4. The van der Waals surface area contributed by atoms with Crippen molar-refractivity contribution >= 4 is 45.5 Å². The number of nitrogens with zero attached hydrogens (tertiary/aromatic N) is 2. The Morgan fingerprint density at radius 3 is 2.22 bits per heavy atom. The smallest absolute Gasteiger partial charge is 0.321 e. The van der Waals surface area contributed by atoms with Crippen molar-refractivity contribution in [3.8, 4) is 0 Å².